The van der Waals surface area contributed by atoms with E-state index in [-0.39, 0.29) is 12.2 Å². The first-order chi connectivity index (χ1) is 6.48. The van der Waals surface area contributed by atoms with Gasteiger partial charge in [0.2, 0.25) is 0 Å². The molecule has 1 aromatic carbocycles. The van der Waals surface area contributed by atoms with Crippen LogP contribution in [0, 0.1) is 6.92 Å². The summed E-state index contributed by atoms with van der Waals surface area (Å²) in [5, 5.41) is 0. The molecule has 1 atom stereocenters. The van der Waals surface area contributed by atoms with E-state index >= 15 is 0 Å². The first-order valence-electron chi connectivity index (χ1n) is 4.26. The average Bonchev–Trinajstić information content (AvgIpc) is 2.45. The highest BCUT2D eigenvalue weighted by atomic mass is 19.4. The second-order valence-corrected chi connectivity index (χ2v) is 3.43. The Hall–Kier alpha value is -1.03. The number of hydrogen-bond donors (Lipinski definition) is 0. The number of halogens is 3. The van der Waals surface area contributed by atoms with Crippen molar-refractivity contribution < 1.29 is 17.9 Å². The van der Waals surface area contributed by atoms with E-state index in [9.17, 15) is 13.2 Å². The molecule has 1 aromatic rings. The minimum atomic E-state index is -4.31. The average molecular weight is 202 g/mol. The zero-order valence-corrected chi connectivity index (χ0v) is 7.56. The Kier molecular flexibility index (Phi) is 2.03. The van der Waals surface area contributed by atoms with Gasteiger partial charge in [-0.15, -0.1) is 0 Å². The van der Waals surface area contributed by atoms with Crippen molar-refractivity contribution in [1.29, 1.82) is 0 Å². The van der Waals surface area contributed by atoms with E-state index in [0.717, 1.165) is 5.56 Å². The Labute approximate surface area is 79.5 Å². The van der Waals surface area contributed by atoms with Crippen molar-refractivity contribution in [1.82, 2.24) is 0 Å². The van der Waals surface area contributed by atoms with Crippen molar-refractivity contribution >= 4 is 0 Å². The highest BCUT2D eigenvalue weighted by Crippen LogP contribution is 2.42. The van der Waals surface area contributed by atoms with Gasteiger partial charge in [0.15, 0.2) is 6.10 Å². The molecule has 1 aliphatic rings. The topological polar surface area (TPSA) is 9.23 Å². The van der Waals surface area contributed by atoms with Crippen LogP contribution in [0.25, 0.3) is 0 Å². The Morgan fingerprint density at radius 2 is 2.07 bits per heavy atom. The summed E-state index contributed by atoms with van der Waals surface area (Å²) in [6.45, 7) is 1.83. The van der Waals surface area contributed by atoms with Gasteiger partial charge >= 0.3 is 6.18 Å². The number of rotatable bonds is 0. The van der Waals surface area contributed by atoms with Gasteiger partial charge in [-0.3, -0.25) is 0 Å². The summed E-state index contributed by atoms with van der Waals surface area (Å²) in [7, 11) is 0. The van der Waals surface area contributed by atoms with E-state index in [2.05, 4.69) is 0 Å². The third-order valence-electron chi connectivity index (χ3n) is 2.29. The highest BCUT2D eigenvalue weighted by molar-refractivity contribution is 5.35. The number of ether oxygens (including phenoxy) is 1. The number of alkyl halides is 3. The Bertz CT molecular complexity index is 357. The van der Waals surface area contributed by atoms with E-state index in [1.165, 1.54) is 0 Å². The second kappa shape index (κ2) is 2.98. The van der Waals surface area contributed by atoms with Crippen molar-refractivity contribution in [2.24, 2.45) is 0 Å². The van der Waals surface area contributed by atoms with E-state index in [1.54, 1.807) is 25.1 Å². The van der Waals surface area contributed by atoms with Crippen molar-refractivity contribution in [3.8, 4) is 0 Å². The maximum absolute atomic E-state index is 12.4. The summed E-state index contributed by atoms with van der Waals surface area (Å²) in [6, 6.07) is 5.03. The lowest BCUT2D eigenvalue weighted by Gasteiger charge is -2.15. The zero-order chi connectivity index (χ0) is 10.3. The molecule has 0 fully saturated rings. The number of aryl methyl sites for hydroxylation is 1. The molecule has 4 heteroatoms. The number of hydrogen-bond acceptors (Lipinski definition) is 1. The molecule has 0 radical (unpaired) electrons. The van der Waals surface area contributed by atoms with Crippen LogP contribution in [0.5, 0.6) is 0 Å². The predicted octanol–water partition coefficient (Wildman–Crippen LogP) is 3.13. The van der Waals surface area contributed by atoms with E-state index in [0.29, 0.717) is 5.56 Å². The first-order valence-corrected chi connectivity index (χ1v) is 4.26. The molecule has 1 aliphatic heterocycles. The predicted molar refractivity (Wildman–Crippen MR) is 44.8 cm³/mol. The summed E-state index contributed by atoms with van der Waals surface area (Å²) in [5.74, 6) is 0. The van der Waals surface area contributed by atoms with Gasteiger partial charge in [0.25, 0.3) is 0 Å². The number of benzene rings is 1. The highest BCUT2D eigenvalue weighted by Gasteiger charge is 2.45. The van der Waals surface area contributed by atoms with Gasteiger partial charge in [-0.05, 0) is 18.1 Å². The van der Waals surface area contributed by atoms with Crippen LogP contribution in [-0.4, -0.2) is 6.18 Å². The standard InChI is InChI=1S/C10H9F3O/c1-6-2-3-7-5-14-9(8(7)4-6)10(11,12)13/h2-4,9H,5H2,1H3. The second-order valence-electron chi connectivity index (χ2n) is 3.43. The molecule has 0 N–H and O–H groups in total. The Balaban J connectivity index is 2.43. The summed E-state index contributed by atoms with van der Waals surface area (Å²) in [5.41, 5.74) is 1.72. The SMILES string of the molecule is Cc1ccc2c(c1)C(C(F)(F)F)OC2. The molecule has 0 bridgehead atoms. The summed E-state index contributed by atoms with van der Waals surface area (Å²) in [4.78, 5) is 0. The van der Waals surface area contributed by atoms with Crippen LogP contribution < -0.4 is 0 Å². The molecule has 0 spiro atoms. The molecule has 14 heavy (non-hydrogen) atoms. The maximum Gasteiger partial charge on any atom is 0.418 e. The summed E-state index contributed by atoms with van der Waals surface area (Å²) < 4.78 is 42.1. The van der Waals surface area contributed by atoms with Crippen LogP contribution in [0.2, 0.25) is 0 Å². The Morgan fingerprint density at radius 1 is 1.36 bits per heavy atom. The van der Waals surface area contributed by atoms with Crippen molar-refractivity contribution in [3.63, 3.8) is 0 Å². The summed E-state index contributed by atoms with van der Waals surface area (Å²) >= 11 is 0. The smallest absolute Gasteiger partial charge is 0.359 e. The monoisotopic (exact) mass is 202 g/mol. The van der Waals surface area contributed by atoms with E-state index in [4.69, 9.17) is 4.74 Å². The molecule has 0 amide bonds. The van der Waals surface area contributed by atoms with Gasteiger partial charge in [0, 0.05) is 0 Å². The van der Waals surface area contributed by atoms with Gasteiger partial charge in [-0.1, -0.05) is 23.8 Å². The molecule has 2 rings (SSSR count). The van der Waals surface area contributed by atoms with Crippen molar-refractivity contribution in [3.05, 3.63) is 34.9 Å². The minimum absolute atomic E-state index is 0.0553. The van der Waals surface area contributed by atoms with Crippen molar-refractivity contribution in [2.45, 2.75) is 25.8 Å². The van der Waals surface area contributed by atoms with Crippen molar-refractivity contribution in [2.75, 3.05) is 0 Å². The fourth-order valence-electron chi connectivity index (χ4n) is 1.62. The fourth-order valence-corrected chi connectivity index (χ4v) is 1.62. The Morgan fingerprint density at radius 3 is 2.71 bits per heavy atom. The first kappa shape index (κ1) is 9.52. The molecule has 1 heterocycles. The molecular formula is C10H9F3O. The lowest BCUT2D eigenvalue weighted by Crippen LogP contribution is -2.19. The molecule has 0 saturated carbocycles. The minimum Gasteiger partial charge on any atom is -0.359 e. The van der Waals surface area contributed by atoms with Crippen LogP contribution in [-0.2, 0) is 11.3 Å². The van der Waals surface area contributed by atoms with Gasteiger partial charge in [-0.2, -0.15) is 13.2 Å². The largest absolute Gasteiger partial charge is 0.418 e. The summed E-state index contributed by atoms with van der Waals surface area (Å²) in [6.07, 6.45) is -6.05. The molecule has 1 unspecified atom stereocenters. The number of fused-ring (bicyclic) bond motifs is 1. The van der Waals surface area contributed by atoms with Crippen LogP contribution in [0.15, 0.2) is 18.2 Å². The molecule has 76 valence electrons. The lowest BCUT2D eigenvalue weighted by molar-refractivity contribution is -0.219. The fraction of sp³-hybridized carbons (Fsp3) is 0.400. The van der Waals surface area contributed by atoms with Crippen LogP contribution in [0.1, 0.15) is 22.8 Å². The molecule has 0 aromatic heterocycles. The van der Waals surface area contributed by atoms with Crippen LogP contribution in [0.4, 0.5) is 13.2 Å². The van der Waals surface area contributed by atoms with Gasteiger partial charge in [-0.25, -0.2) is 0 Å². The molecular weight excluding hydrogens is 193 g/mol. The van der Waals surface area contributed by atoms with Gasteiger partial charge in [0.1, 0.15) is 0 Å². The van der Waals surface area contributed by atoms with Gasteiger partial charge in [0.05, 0.1) is 6.61 Å². The molecule has 0 saturated heterocycles. The van der Waals surface area contributed by atoms with Gasteiger partial charge < -0.3 is 4.74 Å². The zero-order valence-electron chi connectivity index (χ0n) is 7.56. The maximum atomic E-state index is 12.4. The lowest BCUT2D eigenvalue weighted by atomic mass is 10.0. The van der Waals surface area contributed by atoms with Crippen LogP contribution in [0.3, 0.4) is 0 Å². The molecule has 1 nitrogen and oxygen atoms in total. The molecule has 0 aliphatic carbocycles. The van der Waals surface area contributed by atoms with E-state index < -0.39 is 12.3 Å². The van der Waals surface area contributed by atoms with E-state index in [1.807, 2.05) is 0 Å². The quantitative estimate of drug-likeness (QED) is 0.628. The van der Waals surface area contributed by atoms with Crippen LogP contribution >= 0.6 is 0 Å². The third kappa shape index (κ3) is 1.50. The third-order valence-corrected chi connectivity index (χ3v) is 2.29. The normalized spacial score (nSPS) is 21.0.